The summed E-state index contributed by atoms with van der Waals surface area (Å²) < 4.78 is 33.0. The maximum atomic E-state index is 12.8. The van der Waals surface area contributed by atoms with Crippen molar-refractivity contribution in [3.05, 3.63) is 53.3 Å². The topological polar surface area (TPSA) is 118 Å². The Bertz CT molecular complexity index is 1230. The number of aryl methyl sites for hydroxylation is 1. The molecule has 4 heterocycles. The van der Waals surface area contributed by atoms with Crippen molar-refractivity contribution in [1.82, 2.24) is 35.4 Å². The van der Waals surface area contributed by atoms with E-state index in [2.05, 4.69) is 25.8 Å². The third-order valence-electron chi connectivity index (χ3n) is 6.06. The Morgan fingerprint density at radius 3 is 2.60 bits per heavy atom. The zero-order valence-corrected chi connectivity index (χ0v) is 18.8. The molecule has 0 aliphatic carbocycles. The van der Waals surface area contributed by atoms with Crippen LogP contribution in [-0.4, -0.2) is 74.1 Å². The fraction of sp³-hybridized carbons (Fsp3) is 0.364. The number of piperazine rings is 2. The molecule has 1 atom stereocenters. The summed E-state index contributed by atoms with van der Waals surface area (Å²) >= 11 is 0. The van der Waals surface area contributed by atoms with Crippen LogP contribution in [0.5, 0.6) is 5.88 Å². The van der Waals surface area contributed by atoms with E-state index in [1.165, 1.54) is 16.8 Å². The van der Waals surface area contributed by atoms with Gasteiger partial charge in [-0.2, -0.15) is 0 Å². The molecule has 0 spiro atoms. The summed E-state index contributed by atoms with van der Waals surface area (Å²) in [6.45, 7) is 3.67. The summed E-state index contributed by atoms with van der Waals surface area (Å²) in [5.74, 6) is 0.304. The summed E-state index contributed by atoms with van der Waals surface area (Å²) in [6.07, 6.45) is -2.54. The predicted molar refractivity (Wildman–Crippen MR) is 118 cm³/mol. The van der Waals surface area contributed by atoms with Gasteiger partial charge in [0, 0.05) is 31.3 Å². The van der Waals surface area contributed by atoms with E-state index in [1.54, 1.807) is 31.2 Å². The first-order chi connectivity index (χ1) is 16.9. The summed E-state index contributed by atoms with van der Waals surface area (Å²) in [7, 11) is 0. The second-order valence-corrected chi connectivity index (χ2v) is 8.29. The number of carbonyl (C=O) groups is 2. The van der Waals surface area contributed by atoms with Crippen molar-refractivity contribution in [1.29, 1.82) is 0 Å². The smallest absolute Gasteiger partial charge is 0.263 e. The Hall–Kier alpha value is -4.00. The zero-order valence-electron chi connectivity index (χ0n) is 18.8. The Morgan fingerprint density at radius 2 is 1.89 bits per heavy atom. The lowest BCUT2D eigenvalue weighted by Gasteiger charge is -2.42. The molecular weight excluding hydrogens is 462 g/mol. The lowest BCUT2D eigenvalue weighted by Crippen LogP contribution is -2.65. The lowest BCUT2D eigenvalue weighted by molar-refractivity contribution is -0.140. The number of anilines is 1. The number of imide groups is 1. The highest BCUT2D eigenvalue weighted by Crippen LogP contribution is 2.23. The minimum absolute atomic E-state index is 0.0715. The number of rotatable bonds is 6. The molecular formula is C22H22F2N8O3. The van der Waals surface area contributed by atoms with E-state index in [0.717, 1.165) is 0 Å². The van der Waals surface area contributed by atoms with Gasteiger partial charge in [0.25, 0.3) is 6.43 Å². The van der Waals surface area contributed by atoms with Gasteiger partial charge >= 0.3 is 0 Å². The van der Waals surface area contributed by atoms with Gasteiger partial charge in [0.05, 0.1) is 17.9 Å². The number of aromatic nitrogens is 5. The van der Waals surface area contributed by atoms with Gasteiger partial charge in [-0.05, 0) is 25.1 Å². The van der Waals surface area contributed by atoms with Gasteiger partial charge in [0.15, 0.2) is 5.82 Å². The van der Waals surface area contributed by atoms with Crippen LogP contribution in [-0.2, 0) is 16.2 Å². The average molecular weight is 484 g/mol. The molecule has 1 aromatic carbocycles. The van der Waals surface area contributed by atoms with Crippen molar-refractivity contribution < 1.29 is 23.1 Å². The second-order valence-electron chi connectivity index (χ2n) is 8.29. The number of fused-ring (bicyclic) bond motifs is 1. The maximum Gasteiger partial charge on any atom is 0.263 e. The monoisotopic (exact) mass is 484 g/mol. The number of nitrogens with zero attached hydrogens (tertiary/aromatic N) is 7. The predicted octanol–water partition coefficient (Wildman–Crippen LogP) is 1.03. The second kappa shape index (κ2) is 9.33. The van der Waals surface area contributed by atoms with Crippen molar-refractivity contribution in [2.75, 3.05) is 31.1 Å². The first-order valence-electron chi connectivity index (χ1n) is 11.0. The van der Waals surface area contributed by atoms with Gasteiger partial charge in [-0.1, -0.05) is 17.3 Å². The maximum absolute atomic E-state index is 12.8. The fourth-order valence-electron chi connectivity index (χ4n) is 4.12. The number of hydrogen-bond donors (Lipinski definition) is 1. The van der Waals surface area contributed by atoms with Crippen LogP contribution in [0.1, 0.15) is 23.4 Å². The molecule has 2 aliphatic rings. The van der Waals surface area contributed by atoms with Crippen LogP contribution in [0.4, 0.5) is 14.6 Å². The minimum atomic E-state index is -2.54. The van der Waals surface area contributed by atoms with E-state index >= 15 is 0 Å². The molecule has 182 valence electrons. The number of carbonyl (C=O) groups excluding carboxylic acids is 2. The highest BCUT2D eigenvalue weighted by atomic mass is 19.3. The highest BCUT2D eigenvalue weighted by molar-refractivity contribution is 6.01. The Kier molecular flexibility index (Phi) is 6.07. The third kappa shape index (κ3) is 4.67. The first kappa shape index (κ1) is 22.8. The first-order valence-corrected chi connectivity index (χ1v) is 11.0. The summed E-state index contributed by atoms with van der Waals surface area (Å²) in [5.41, 5.74) is 1.80. The molecule has 2 aliphatic heterocycles. The van der Waals surface area contributed by atoms with Crippen LogP contribution >= 0.6 is 0 Å². The molecule has 1 unspecified atom stereocenters. The van der Waals surface area contributed by atoms with Crippen LogP contribution in [0.25, 0.3) is 5.69 Å². The molecule has 2 fully saturated rings. The van der Waals surface area contributed by atoms with Crippen molar-refractivity contribution in [3.8, 4) is 11.6 Å². The van der Waals surface area contributed by atoms with Crippen LogP contribution in [0.3, 0.4) is 0 Å². The Labute approximate surface area is 198 Å². The summed E-state index contributed by atoms with van der Waals surface area (Å²) in [6, 6.07) is 8.83. The Balaban J connectivity index is 1.24. The van der Waals surface area contributed by atoms with Crippen LogP contribution in [0.2, 0.25) is 0 Å². The molecule has 3 aromatic rings. The van der Waals surface area contributed by atoms with E-state index < -0.39 is 12.5 Å². The molecule has 2 amide bonds. The van der Waals surface area contributed by atoms with Gasteiger partial charge in [-0.15, -0.1) is 15.3 Å². The fourth-order valence-corrected chi connectivity index (χ4v) is 4.12. The molecule has 2 saturated heterocycles. The molecule has 2 aromatic heterocycles. The highest BCUT2D eigenvalue weighted by Gasteiger charge is 2.38. The number of alkyl halides is 2. The minimum Gasteiger partial charge on any atom is -0.470 e. The van der Waals surface area contributed by atoms with Gasteiger partial charge in [-0.25, -0.2) is 13.5 Å². The van der Waals surface area contributed by atoms with Crippen molar-refractivity contribution in [3.63, 3.8) is 0 Å². The van der Waals surface area contributed by atoms with Gasteiger partial charge < -0.3 is 9.64 Å². The Morgan fingerprint density at radius 1 is 1.09 bits per heavy atom. The van der Waals surface area contributed by atoms with Gasteiger partial charge in [-0.3, -0.25) is 19.8 Å². The molecule has 0 radical (unpaired) electrons. The third-order valence-corrected chi connectivity index (χ3v) is 6.06. The molecule has 1 N–H and O–H groups in total. The number of hydrogen-bond acceptors (Lipinski definition) is 9. The number of halogens is 2. The molecule has 11 nitrogen and oxygen atoms in total. The molecule has 13 heteroatoms. The van der Waals surface area contributed by atoms with Crippen LogP contribution in [0.15, 0.2) is 36.4 Å². The van der Waals surface area contributed by atoms with Gasteiger partial charge in [0.1, 0.15) is 18.3 Å². The molecule has 35 heavy (non-hydrogen) atoms. The summed E-state index contributed by atoms with van der Waals surface area (Å²) in [4.78, 5) is 27.5. The standard InChI is InChI=1S/C22H22F2N8O3/c1-13-17(32(29-26-13)15-4-2-14(3-5-15)21(23)24)12-35-20-7-6-18(27-28-20)31-9-8-30-11-19(33)25-22(34)16(30)10-31/h2-7,16,21H,8-12H2,1H3,(H,25,33,34). The molecule has 0 bridgehead atoms. The number of nitrogens with one attached hydrogen (secondary N) is 1. The molecule has 5 rings (SSSR count). The quantitative estimate of drug-likeness (QED) is 0.512. The molecule has 0 saturated carbocycles. The summed E-state index contributed by atoms with van der Waals surface area (Å²) in [5, 5.41) is 18.9. The number of benzene rings is 1. The average Bonchev–Trinajstić information content (AvgIpc) is 3.23. The van der Waals surface area contributed by atoms with E-state index in [1.807, 2.05) is 9.80 Å². The van der Waals surface area contributed by atoms with Crippen LogP contribution < -0.4 is 15.0 Å². The van der Waals surface area contributed by atoms with Gasteiger partial charge in [0.2, 0.25) is 17.7 Å². The van der Waals surface area contributed by atoms with Crippen molar-refractivity contribution >= 4 is 17.6 Å². The SMILES string of the molecule is Cc1nnn(-c2ccc(C(F)F)cc2)c1COc1ccc(N2CCN3CC(=O)NC(=O)C3C2)nn1. The van der Waals surface area contributed by atoms with Crippen LogP contribution in [0, 0.1) is 6.92 Å². The number of ether oxygens (including phenoxy) is 1. The zero-order chi connectivity index (χ0) is 24.5. The van der Waals surface area contributed by atoms with E-state index in [-0.39, 0.29) is 36.4 Å². The number of amides is 2. The lowest BCUT2D eigenvalue weighted by atomic mass is 10.1. The van der Waals surface area contributed by atoms with E-state index in [9.17, 15) is 18.4 Å². The van der Waals surface area contributed by atoms with Crippen molar-refractivity contribution in [2.24, 2.45) is 0 Å². The van der Waals surface area contributed by atoms with E-state index in [4.69, 9.17) is 4.74 Å². The van der Waals surface area contributed by atoms with E-state index in [0.29, 0.717) is 42.5 Å². The normalized spacial score (nSPS) is 18.5. The van der Waals surface area contributed by atoms with Crippen molar-refractivity contribution in [2.45, 2.75) is 26.0 Å². The largest absolute Gasteiger partial charge is 0.470 e.